The monoisotopic (exact) mass is 313 g/mol. The molecule has 2 saturated heterocycles. The summed E-state index contributed by atoms with van der Waals surface area (Å²) in [6.45, 7) is 2.47. The summed E-state index contributed by atoms with van der Waals surface area (Å²) >= 11 is 0. The molecule has 0 bridgehead atoms. The van der Waals surface area contributed by atoms with Gasteiger partial charge in [-0.15, -0.1) is 0 Å². The smallest absolute Gasteiger partial charge is 0.240 e. The van der Waals surface area contributed by atoms with Gasteiger partial charge in [0.05, 0.1) is 31.1 Å². The molecule has 0 unspecified atom stereocenters. The zero-order valence-electron chi connectivity index (χ0n) is 11.6. The van der Waals surface area contributed by atoms with Crippen molar-refractivity contribution >= 4 is 21.4 Å². The molecule has 116 valence electrons. The molecule has 2 aliphatic heterocycles. The van der Waals surface area contributed by atoms with Crippen LogP contribution >= 0.6 is 0 Å². The molecule has 2 aliphatic rings. The lowest BCUT2D eigenvalue weighted by Gasteiger charge is -2.40. The molecule has 0 radical (unpaired) electrons. The van der Waals surface area contributed by atoms with Crippen LogP contribution in [0.3, 0.4) is 0 Å². The number of ether oxygens (including phenoxy) is 2. The highest BCUT2D eigenvalue weighted by Gasteiger charge is 2.41. The topological polar surface area (TPSA) is 108 Å². The highest BCUT2D eigenvalue weighted by molar-refractivity contribution is 7.89. The van der Waals surface area contributed by atoms with Gasteiger partial charge in [-0.3, -0.25) is 0 Å². The Balaban J connectivity index is 1.93. The highest BCUT2D eigenvalue weighted by Crippen LogP contribution is 2.36. The minimum atomic E-state index is -3.84. The number of sulfonamides is 1. The Morgan fingerprint density at radius 3 is 2.62 bits per heavy atom. The zero-order chi connectivity index (χ0) is 15.1. The lowest BCUT2D eigenvalue weighted by Crippen LogP contribution is -2.49. The Bertz CT molecular complexity index is 641. The summed E-state index contributed by atoms with van der Waals surface area (Å²) in [6, 6.07) is 4.84. The van der Waals surface area contributed by atoms with Gasteiger partial charge in [0.15, 0.2) is 5.79 Å². The predicted molar refractivity (Wildman–Crippen MR) is 78.3 cm³/mol. The van der Waals surface area contributed by atoms with E-state index in [0.717, 1.165) is 19.4 Å². The molecule has 8 heteroatoms. The van der Waals surface area contributed by atoms with Gasteiger partial charge in [-0.2, -0.15) is 0 Å². The van der Waals surface area contributed by atoms with Gasteiger partial charge >= 0.3 is 0 Å². The van der Waals surface area contributed by atoms with Crippen LogP contribution in [-0.2, 0) is 19.5 Å². The number of hydrogen-bond acceptors (Lipinski definition) is 6. The first-order chi connectivity index (χ1) is 9.91. The maximum atomic E-state index is 11.6. The molecular formula is C13H19N3O4S. The Hall–Kier alpha value is -1.35. The molecule has 2 heterocycles. The van der Waals surface area contributed by atoms with Gasteiger partial charge in [-0.1, -0.05) is 6.07 Å². The Morgan fingerprint density at radius 1 is 1.24 bits per heavy atom. The van der Waals surface area contributed by atoms with Crippen molar-refractivity contribution in [2.24, 2.45) is 5.14 Å². The van der Waals surface area contributed by atoms with Gasteiger partial charge in [-0.25, -0.2) is 13.6 Å². The zero-order valence-corrected chi connectivity index (χ0v) is 12.4. The molecule has 7 nitrogen and oxygen atoms in total. The van der Waals surface area contributed by atoms with Crippen LogP contribution in [-0.4, -0.2) is 40.5 Å². The molecule has 0 aliphatic carbocycles. The summed E-state index contributed by atoms with van der Waals surface area (Å²) in [4.78, 5) is 1.95. The summed E-state index contributed by atoms with van der Waals surface area (Å²) in [5, 5.41) is 5.20. The second-order valence-electron chi connectivity index (χ2n) is 5.37. The lowest BCUT2D eigenvalue weighted by molar-refractivity contribution is -0.161. The predicted octanol–water partition coefficient (Wildman–Crippen LogP) is 0.259. The number of nitrogen functional groups attached to an aromatic ring is 1. The molecule has 21 heavy (non-hydrogen) atoms. The van der Waals surface area contributed by atoms with Crippen LogP contribution in [0.15, 0.2) is 23.1 Å². The van der Waals surface area contributed by atoms with E-state index in [9.17, 15) is 8.42 Å². The van der Waals surface area contributed by atoms with Crippen molar-refractivity contribution in [2.75, 3.05) is 36.9 Å². The van der Waals surface area contributed by atoms with E-state index in [2.05, 4.69) is 0 Å². The maximum absolute atomic E-state index is 11.6. The van der Waals surface area contributed by atoms with Crippen LogP contribution in [0.25, 0.3) is 0 Å². The minimum absolute atomic E-state index is 0.0483. The fourth-order valence-corrected chi connectivity index (χ4v) is 3.66. The third kappa shape index (κ3) is 2.71. The summed E-state index contributed by atoms with van der Waals surface area (Å²) in [5.74, 6) is -0.595. The number of para-hydroxylation sites is 1. The van der Waals surface area contributed by atoms with Crippen LogP contribution < -0.4 is 15.8 Å². The van der Waals surface area contributed by atoms with Crippen LogP contribution in [0.4, 0.5) is 11.4 Å². The molecule has 2 fully saturated rings. The number of rotatable bonds is 2. The quantitative estimate of drug-likeness (QED) is 0.758. The lowest BCUT2D eigenvalue weighted by atomic mass is 10.0. The minimum Gasteiger partial charge on any atom is -0.396 e. The second kappa shape index (κ2) is 5.13. The van der Waals surface area contributed by atoms with Crippen LogP contribution in [0.2, 0.25) is 0 Å². The van der Waals surface area contributed by atoms with Gasteiger partial charge in [0.1, 0.15) is 4.90 Å². The average Bonchev–Trinajstić information content (AvgIpc) is 2.85. The Kier molecular flexibility index (Phi) is 3.56. The number of nitrogens with two attached hydrogens (primary N) is 2. The molecule has 1 aromatic rings. The van der Waals surface area contributed by atoms with Gasteiger partial charge in [0.2, 0.25) is 10.0 Å². The third-order valence-electron chi connectivity index (χ3n) is 3.92. The van der Waals surface area contributed by atoms with Crippen molar-refractivity contribution in [1.29, 1.82) is 0 Å². The molecule has 0 atom stereocenters. The van der Waals surface area contributed by atoms with Gasteiger partial charge in [0, 0.05) is 13.0 Å². The third-order valence-corrected chi connectivity index (χ3v) is 4.89. The summed E-state index contributed by atoms with van der Waals surface area (Å²) in [7, 11) is -3.84. The van der Waals surface area contributed by atoms with Gasteiger partial charge < -0.3 is 20.1 Å². The number of piperidine rings is 1. The number of benzene rings is 1. The number of hydrogen-bond donors (Lipinski definition) is 2. The summed E-state index contributed by atoms with van der Waals surface area (Å²) in [5.41, 5.74) is 6.83. The van der Waals surface area contributed by atoms with E-state index >= 15 is 0 Å². The SMILES string of the molecule is Nc1c(N2CCCC3(C2)OCCO3)cccc1S(N)(=O)=O. The average molecular weight is 313 g/mol. The largest absolute Gasteiger partial charge is 0.396 e. The molecule has 4 N–H and O–H groups in total. The van der Waals surface area contributed by atoms with E-state index in [1.54, 1.807) is 12.1 Å². The summed E-state index contributed by atoms with van der Waals surface area (Å²) in [6.07, 6.45) is 1.72. The molecule has 0 amide bonds. The van der Waals surface area contributed by atoms with Crippen molar-refractivity contribution in [3.63, 3.8) is 0 Å². The molecule has 0 aromatic heterocycles. The second-order valence-corrected chi connectivity index (χ2v) is 6.90. The maximum Gasteiger partial charge on any atom is 0.240 e. The van der Waals surface area contributed by atoms with E-state index in [-0.39, 0.29) is 10.6 Å². The molecule has 0 saturated carbocycles. The van der Waals surface area contributed by atoms with Crippen LogP contribution in [0.5, 0.6) is 0 Å². The van der Waals surface area contributed by atoms with Gasteiger partial charge in [-0.05, 0) is 18.6 Å². The first-order valence-corrected chi connectivity index (χ1v) is 8.40. The van der Waals surface area contributed by atoms with Crippen molar-refractivity contribution in [1.82, 2.24) is 0 Å². The normalized spacial score (nSPS) is 21.9. The summed E-state index contributed by atoms with van der Waals surface area (Å²) < 4.78 is 34.6. The Labute approximate surface area is 123 Å². The van der Waals surface area contributed by atoms with Crippen LogP contribution in [0.1, 0.15) is 12.8 Å². The highest BCUT2D eigenvalue weighted by atomic mass is 32.2. The molecular weight excluding hydrogens is 294 g/mol. The molecule has 3 rings (SSSR count). The number of nitrogens with zero attached hydrogens (tertiary/aromatic N) is 1. The first kappa shape index (κ1) is 14.6. The Morgan fingerprint density at radius 2 is 1.95 bits per heavy atom. The fraction of sp³-hybridized carbons (Fsp3) is 0.538. The molecule has 1 spiro atoms. The fourth-order valence-electron chi connectivity index (χ4n) is 2.98. The standard InChI is InChI=1S/C13H19N3O4S/c14-12-10(3-1-4-11(12)21(15,17)18)16-6-2-5-13(9-16)19-7-8-20-13/h1,3-4H,2,5-9,14H2,(H2,15,17,18). The number of anilines is 2. The van der Waals surface area contributed by atoms with E-state index in [4.69, 9.17) is 20.3 Å². The van der Waals surface area contributed by atoms with Crippen molar-refractivity contribution in [3.05, 3.63) is 18.2 Å². The van der Waals surface area contributed by atoms with E-state index in [1.165, 1.54) is 6.07 Å². The van der Waals surface area contributed by atoms with E-state index in [1.807, 2.05) is 4.90 Å². The van der Waals surface area contributed by atoms with Crippen molar-refractivity contribution in [2.45, 2.75) is 23.5 Å². The van der Waals surface area contributed by atoms with Crippen molar-refractivity contribution < 1.29 is 17.9 Å². The first-order valence-electron chi connectivity index (χ1n) is 6.85. The van der Waals surface area contributed by atoms with Gasteiger partial charge in [0.25, 0.3) is 0 Å². The van der Waals surface area contributed by atoms with Crippen LogP contribution in [0, 0.1) is 0 Å². The van der Waals surface area contributed by atoms with Crippen molar-refractivity contribution in [3.8, 4) is 0 Å². The van der Waals surface area contributed by atoms with E-state index < -0.39 is 15.8 Å². The number of primary sulfonamides is 1. The van der Waals surface area contributed by atoms with E-state index in [0.29, 0.717) is 25.4 Å². The molecule has 1 aromatic carbocycles.